The van der Waals surface area contributed by atoms with Gasteiger partial charge in [0.05, 0.1) is 22.6 Å². The number of likely N-dealkylation sites (tertiary alicyclic amines) is 1. The molecular weight excluding hydrogens is 411 g/mol. The molecule has 1 amide bonds. The number of hydrogen-bond acceptors (Lipinski definition) is 5. The normalized spacial score (nSPS) is 14.8. The molecule has 0 saturated carbocycles. The number of hydrogen-bond donors (Lipinski definition) is 1. The van der Waals surface area contributed by atoms with Crippen molar-refractivity contribution in [3.63, 3.8) is 0 Å². The number of amides is 1. The predicted octanol–water partition coefficient (Wildman–Crippen LogP) is 2.15. The average molecular weight is 434 g/mol. The zero-order chi connectivity index (χ0) is 22.6. The molecule has 1 fully saturated rings. The molecule has 164 valence electrons. The number of benzene rings is 1. The highest BCUT2D eigenvalue weighted by Crippen LogP contribution is 2.29. The Bertz CT molecular complexity index is 1430. The summed E-state index contributed by atoms with van der Waals surface area (Å²) in [5, 5.41) is 2.58. The third kappa shape index (κ3) is 3.16. The van der Waals surface area contributed by atoms with Crippen LogP contribution in [0.25, 0.3) is 22.1 Å². The van der Waals surface area contributed by atoms with E-state index in [4.69, 9.17) is 0 Å². The van der Waals surface area contributed by atoms with Crippen molar-refractivity contribution in [2.45, 2.75) is 19.5 Å². The number of carbonyl (C=O) groups is 1. The summed E-state index contributed by atoms with van der Waals surface area (Å²) < 4.78 is 18.7. The summed E-state index contributed by atoms with van der Waals surface area (Å²) in [5.74, 6) is -0.606. The van der Waals surface area contributed by atoms with Crippen LogP contribution in [0.15, 0.2) is 41.3 Å². The van der Waals surface area contributed by atoms with Crippen LogP contribution in [-0.4, -0.2) is 50.0 Å². The summed E-state index contributed by atoms with van der Waals surface area (Å²) in [4.78, 5) is 34.8. The quantitative estimate of drug-likeness (QED) is 0.532. The van der Waals surface area contributed by atoms with Crippen molar-refractivity contribution in [1.29, 1.82) is 0 Å². The van der Waals surface area contributed by atoms with Crippen LogP contribution >= 0.6 is 0 Å². The maximum Gasteiger partial charge on any atom is 0.272 e. The zero-order valence-electron chi connectivity index (χ0n) is 18.1. The maximum atomic E-state index is 15.2. The molecular formula is C23H23FN6O2. The van der Waals surface area contributed by atoms with Crippen molar-refractivity contribution in [2.24, 2.45) is 7.05 Å². The lowest BCUT2D eigenvalue weighted by Gasteiger charge is -2.40. The lowest BCUT2D eigenvalue weighted by Crippen LogP contribution is -2.46. The second kappa shape index (κ2) is 7.52. The van der Waals surface area contributed by atoms with E-state index in [0.29, 0.717) is 29.0 Å². The first-order chi connectivity index (χ1) is 15.4. The van der Waals surface area contributed by atoms with Crippen LogP contribution in [-0.2, 0) is 13.6 Å². The van der Waals surface area contributed by atoms with E-state index in [9.17, 15) is 9.59 Å². The summed E-state index contributed by atoms with van der Waals surface area (Å²) in [6.07, 6.45) is 1.98. The van der Waals surface area contributed by atoms with Gasteiger partial charge in [0.25, 0.3) is 11.5 Å². The molecule has 1 aliphatic heterocycles. The van der Waals surface area contributed by atoms with Crippen molar-refractivity contribution in [3.05, 3.63) is 69.7 Å². The molecule has 0 radical (unpaired) electrons. The molecule has 0 unspecified atom stereocenters. The molecule has 1 N–H and O–H groups in total. The summed E-state index contributed by atoms with van der Waals surface area (Å²) >= 11 is 0. The number of nitrogens with zero attached hydrogens (tertiary/aromatic N) is 5. The Kier molecular flexibility index (Phi) is 4.78. The third-order valence-corrected chi connectivity index (χ3v) is 6.17. The number of fused-ring (bicyclic) bond motifs is 2. The van der Waals surface area contributed by atoms with Gasteiger partial charge in [0.15, 0.2) is 5.82 Å². The number of aryl methyl sites for hydroxylation is 2. The second-order valence-electron chi connectivity index (χ2n) is 8.22. The Labute approximate surface area is 183 Å². The number of pyridine rings is 1. The Morgan fingerprint density at radius 3 is 2.69 bits per heavy atom. The number of carbonyl (C=O) groups excluding carboxylic acids is 1. The first kappa shape index (κ1) is 20.3. The van der Waals surface area contributed by atoms with Crippen molar-refractivity contribution < 1.29 is 9.18 Å². The van der Waals surface area contributed by atoms with Crippen LogP contribution in [0.1, 0.15) is 27.8 Å². The lowest BCUT2D eigenvalue weighted by atomic mass is 10.1. The first-order valence-electron chi connectivity index (χ1n) is 10.4. The van der Waals surface area contributed by atoms with E-state index in [0.717, 1.165) is 24.1 Å². The number of halogens is 1. The van der Waals surface area contributed by atoms with Crippen molar-refractivity contribution >= 4 is 28.0 Å². The van der Waals surface area contributed by atoms with Crippen LogP contribution in [0, 0.1) is 12.7 Å². The van der Waals surface area contributed by atoms with E-state index in [1.165, 1.54) is 4.57 Å². The Hall–Kier alpha value is -3.59. The van der Waals surface area contributed by atoms with E-state index in [1.807, 2.05) is 18.3 Å². The van der Waals surface area contributed by atoms with Crippen LogP contribution in [0.5, 0.6) is 0 Å². The van der Waals surface area contributed by atoms with E-state index in [1.54, 1.807) is 39.2 Å². The van der Waals surface area contributed by atoms with E-state index >= 15 is 4.39 Å². The molecule has 0 bridgehead atoms. The number of aromatic nitrogens is 4. The summed E-state index contributed by atoms with van der Waals surface area (Å²) in [5.41, 5.74) is 3.47. The maximum absolute atomic E-state index is 15.2. The monoisotopic (exact) mass is 434 g/mol. The molecule has 0 aliphatic carbocycles. The van der Waals surface area contributed by atoms with Gasteiger partial charge in [0.1, 0.15) is 16.9 Å². The fourth-order valence-corrected chi connectivity index (χ4v) is 4.40. The minimum Gasteiger partial charge on any atom is -0.354 e. The molecule has 0 spiro atoms. The Morgan fingerprint density at radius 1 is 1.16 bits per heavy atom. The molecule has 1 saturated heterocycles. The Morgan fingerprint density at radius 2 is 1.94 bits per heavy atom. The van der Waals surface area contributed by atoms with Gasteiger partial charge in [-0.1, -0.05) is 6.07 Å². The highest BCUT2D eigenvalue weighted by Gasteiger charge is 2.30. The fraction of sp³-hybridized carbons (Fsp3) is 0.304. The van der Waals surface area contributed by atoms with Gasteiger partial charge in [-0.05, 0) is 31.2 Å². The van der Waals surface area contributed by atoms with Crippen LogP contribution in [0.4, 0.5) is 4.39 Å². The third-order valence-electron chi connectivity index (χ3n) is 6.17. The predicted molar refractivity (Wildman–Crippen MR) is 119 cm³/mol. The Balaban J connectivity index is 1.34. The molecule has 5 rings (SSSR count). The standard InChI is InChI=1S/C23H23FN6O2/c1-13-23(32)28(3)21-17(26-13)5-4-14(20(21)24)10-29-11-15(12-29)30-9-8-16-19(30)7-6-18(27-16)22(31)25-2/h4-9,15H,10-12H2,1-3H3,(H,25,31). The highest BCUT2D eigenvalue weighted by atomic mass is 19.1. The summed E-state index contributed by atoms with van der Waals surface area (Å²) in [6, 6.07) is 9.30. The van der Waals surface area contributed by atoms with Gasteiger partial charge < -0.3 is 14.5 Å². The van der Waals surface area contributed by atoms with E-state index in [-0.39, 0.29) is 23.0 Å². The molecule has 3 aromatic heterocycles. The molecule has 32 heavy (non-hydrogen) atoms. The SMILES string of the molecule is CNC(=O)c1ccc2c(ccn2C2CN(Cc3ccc4nc(C)c(=O)n(C)c4c3F)C2)n1. The lowest BCUT2D eigenvalue weighted by molar-refractivity contribution is 0.0958. The summed E-state index contributed by atoms with van der Waals surface area (Å²) in [7, 11) is 3.16. The van der Waals surface area contributed by atoms with E-state index < -0.39 is 5.82 Å². The molecule has 1 aliphatic rings. The number of nitrogens with one attached hydrogen (secondary N) is 1. The van der Waals surface area contributed by atoms with Crippen LogP contribution < -0.4 is 10.9 Å². The highest BCUT2D eigenvalue weighted by molar-refractivity contribution is 5.94. The molecule has 4 heterocycles. The minimum atomic E-state index is -0.393. The molecule has 4 aromatic rings. The smallest absolute Gasteiger partial charge is 0.272 e. The first-order valence-corrected chi connectivity index (χ1v) is 10.4. The van der Waals surface area contributed by atoms with Gasteiger partial charge in [0.2, 0.25) is 0 Å². The zero-order valence-corrected chi connectivity index (χ0v) is 18.1. The van der Waals surface area contributed by atoms with Crippen LogP contribution in [0.3, 0.4) is 0 Å². The topological polar surface area (TPSA) is 85.0 Å². The number of rotatable bonds is 4. The van der Waals surface area contributed by atoms with E-state index in [2.05, 4.69) is 24.8 Å². The molecule has 0 atom stereocenters. The van der Waals surface area contributed by atoms with Gasteiger partial charge >= 0.3 is 0 Å². The van der Waals surface area contributed by atoms with Gasteiger partial charge in [-0.2, -0.15) is 0 Å². The van der Waals surface area contributed by atoms with Gasteiger partial charge in [-0.3, -0.25) is 14.5 Å². The van der Waals surface area contributed by atoms with Gasteiger partial charge in [-0.25, -0.2) is 14.4 Å². The van der Waals surface area contributed by atoms with Crippen LogP contribution in [0.2, 0.25) is 0 Å². The van der Waals surface area contributed by atoms with Crippen molar-refractivity contribution in [3.8, 4) is 0 Å². The largest absolute Gasteiger partial charge is 0.354 e. The molecule has 9 heteroatoms. The van der Waals surface area contributed by atoms with Gasteiger partial charge in [0, 0.05) is 45.5 Å². The minimum absolute atomic E-state index is 0.213. The molecule has 8 nitrogen and oxygen atoms in total. The molecule has 1 aromatic carbocycles. The van der Waals surface area contributed by atoms with Crippen molar-refractivity contribution in [1.82, 2.24) is 29.3 Å². The summed E-state index contributed by atoms with van der Waals surface area (Å²) in [6.45, 7) is 3.62. The second-order valence-corrected chi connectivity index (χ2v) is 8.22. The fourth-order valence-electron chi connectivity index (χ4n) is 4.40. The average Bonchev–Trinajstić information content (AvgIpc) is 3.17. The van der Waals surface area contributed by atoms with Crippen molar-refractivity contribution in [2.75, 3.05) is 20.1 Å². The van der Waals surface area contributed by atoms with Gasteiger partial charge in [-0.15, -0.1) is 0 Å².